The quantitative estimate of drug-likeness (QED) is 0.584. The first-order valence-electron chi connectivity index (χ1n) is 12.1. The highest BCUT2D eigenvalue weighted by molar-refractivity contribution is 7.77. The van der Waals surface area contributed by atoms with Gasteiger partial charge in [-0.05, 0) is 107 Å². The van der Waals surface area contributed by atoms with Crippen molar-refractivity contribution < 1.29 is 23.1 Å². The standard InChI is InChI=1S/C25H35N3O5S/c1-24(2,3)33-23(30)27-14-7-12-25(27,4)13-15-28(34(31)32)22(29)26-21-19-10-5-8-17(19)16-18-9-6-11-20(18)21/h13,15-16H,5-12,14H2,1-4H3,(H,26,29)(H,31,32)/b15-13+/t25-/m1/s1. The van der Waals surface area contributed by atoms with Crippen LogP contribution in [0.2, 0.25) is 0 Å². The molecule has 34 heavy (non-hydrogen) atoms. The Morgan fingerprint density at radius 1 is 1.15 bits per heavy atom. The number of hydrogen-bond donors (Lipinski definition) is 2. The lowest BCUT2D eigenvalue weighted by atomic mass is 9.99. The fraction of sp³-hybridized carbons (Fsp3) is 0.600. The minimum Gasteiger partial charge on any atom is -0.444 e. The molecule has 1 aliphatic heterocycles. The first kappa shape index (κ1) is 24.7. The van der Waals surface area contributed by atoms with Crippen molar-refractivity contribution in [2.45, 2.75) is 90.2 Å². The van der Waals surface area contributed by atoms with E-state index in [-0.39, 0.29) is 0 Å². The van der Waals surface area contributed by atoms with E-state index in [1.807, 2.05) is 27.7 Å². The summed E-state index contributed by atoms with van der Waals surface area (Å²) in [4.78, 5) is 27.5. The molecule has 0 spiro atoms. The molecule has 1 heterocycles. The Hall–Kier alpha value is -2.39. The SMILES string of the molecule is CC(C)(C)OC(=O)N1CCC[C@]1(C)/C=C/N(C(=O)Nc1c2c(cc3c1CCC3)CCC2)S(=O)O. The van der Waals surface area contributed by atoms with Crippen molar-refractivity contribution in [3.63, 3.8) is 0 Å². The summed E-state index contributed by atoms with van der Waals surface area (Å²) in [5, 5.41) is 2.95. The molecule has 0 saturated carbocycles. The fourth-order valence-corrected chi connectivity index (χ4v) is 5.68. The molecule has 1 saturated heterocycles. The predicted molar refractivity (Wildman–Crippen MR) is 132 cm³/mol. The van der Waals surface area contributed by atoms with Gasteiger partial charge in [0.15, 0.2) is 0 Å². The second-order valence-corrected chi connectivity index (χ2v) is 11.5. The van der Waals surface area contributed by atoms with Gasteiger partial charge in [-0.15, -0.1) is 0 Å². The molecule has 8 nitrogen and oxygen atoms in total. The summed E-state index contributed by atoms with van der Waals surface area (Å²) < 4.78 is 28.4. The third kappa shape index (κ3) is 5.00. The Labute approximate surface area is 204 Å². The van der Waals surface area contributed by atoms with Crippen molar-refractivity contribution in [3.05, 3.63) is 40.6 Å². The van der Waals surface area contributed by atoms with Gasteiger partial charge in [-0.25, -0.2) is 13.8 Å². The van der Waals surface area contributed by atoms with E-state index in [0.717, 1.165) is 66.1 Å². The third-order valence-corrected chi connectivity index (χ3v) is 7.56. The van der Waals surface area contributed by atoms with Crippen molar-refractivity contribution in [3.8, 4) is 0 Å². The molecule has 1 aromatic carbocycles. The molecule has 3 amide bonds. The van der Waals surface area contributed by atoms with Gasteiger partial charge in [-0.2, -0.15) is 4.31 Å². The van der Waals surface area contributed by atoms with Crippen molar-refractivity contribution >= 4 is 29.1 Å². The van der Waals surface area contributed by atoms with E-state index in [0.29, 0.717) is 13.0 Å². The van der Waals surface area contributed by atoms with Gasteiger partial charge in [0.2, 0.25) is 0 Å². The van der Waals surface area contributed by atoms with Crippen molar-refractivity contribution in [1.29, 1.82) is 0 Å². The number of aryl methyl sites for hydroxylation is 2. The normalized spacial score (nSPS) is 22.6. The molecule has 1 unspecified atom stereocenters. The van der Waals surface area contributed by atoms with Crippen LogP contribution in [0.5, 0.6) is 0 Å². The van der Waals surface area contributed by atoms with Crippen LogP contribution < -0.4 is 5.32 Å². The molecule has 186 valence electrons. The first-order valence-corrected chi connectivity index (χ1v) is 13.1. The zero-order chi connectivity index (χ0) is 24.7. The highest BCUT2D eigenvalue weighted by atomic mass is 32.2. The number of rotatable bonds is 4. The van der Waals surface area contributed by atoms with E-state index in [2.05, 4.69) is 11.4 Å². The number of nitrogens with one attached hydrogen (secondary N) is 1. The molecular weight excluding hydrogens is 454 g/mol. The topological polar surface area (TPSA) is 99.2 Å². The number of amides is 3. The summed E-state index contributed by atoms with van der Waals surface area (Å²) in [5.41, 5.74) is 4.32. The number of urea groups is 1. The monoisotopic (exact) mass is 489 g/mol. The Morgan fingerprint density at radius 2 is 1.76 bits per heavy atom. The van der Waals surface area contributed by atoms with E-state index in [1.165, 1.54) is 17.3 Å². The molecule has 1 aromatic rings. The number of carbonyl (C=O) groups excluding carboxylic acids is 2. The largest absolute Gasteiger partial charge is 0.444 e. The number of fused-ring (bicyclic) bond motifs is 2. The van der Waals surface area contributed by atoms with Gasteiger partial charge in [-0.3, -0.25) is 9.45 Å². The van der Waals surface area contributed by atoms with Crippen LogP contribution in [0.15, 0.2) is 18.3 Å². The van der Waals surface area contributed by atoms with E-state index in [1.54, 1.807) is 11.0 Å². The van der Waals surface area contributed by atoms with Gasteiger partial charge >= 0.3 is 12.1 Å². The van der Waals surface area contributed by atoms with Gasteiger partial charge < -0.3 is 10.1 Å². The molecule has 0 aromatic heterocycles. The molecule has 3 aliphatic rings. The zero-order valence-corrected chi connectivity index (χ0v) is 21.3. The fourth-order valence-electron chi connectivity index (χ4n) is 5.32. The number of likely N-dealkylation sites (tertiary alicyclic amines) is 1. The molecule has 0 bridgehead atoms. The second kappa shape index (κ2) is 9.34. The number of hydrogen-bond acceptors (Lipinski definition) is 4. The molecule has 0 radical (unpaired) electrons. The van der Waals surface area contributed by atoms with Crippen LogP contribution in [0.25, 0.3) is 0 Å². The minimum atomic E-state index is -2.56. The summed E-state index contributed by atoms with van der Waals surface area (Å²) in [6, 6.07) is 1.62. The Morgan fingerprint density at radius 3 is 2.32 bits per heavy atom. The molecule has 2 atom stereocenters. The van der Waals surface area contributed by atoms with Crippen LogP contribution in [-0.4, -0.2) is 47.8 Å². The number of carbonyl (C=O) groups is 2. The molecule has 9 heteroatoms. The maximum Gasteiger partial charge on any atom is 0.410 e. The predicted octanol–water partition coefficient (Wildman–Crippen LogP) is 4.94. The van der Waals surface area contributed by atoms with Crippen LogP contribution in [0.4, 0.5) is 15.3 Å². The second-order valence-electron chi connectivity index (χ2n) is 10.6. The smallest absolute Gasteiger partial charge is 0.410 e. The average Bonchev–Trinajstić information content (AvgIpc) is 3.45. The highest BCUT2D eigenvalue weighted by Gasteiger charge is 2.40. The van der Waals surface area contributed by atoms with Gasteiger partial charge in [0, 0.05) is 18.4 Å². The molecule has 2 N–H and O–H groups in total. The van der Waals surface area contributed by atoms with E-state index in [9.17, 15) is 18.4 Å². The lowest BCUT2D eigenvalue weighted by molar-refractivity contribution is 0.0168. The van der Waals surface area contributed by atoms with Gasteiger partial charge in [0.25, 0.3) is 11.3 Å². The third-order valence-electron chi connectivity index (χ3n) is 6.94. The van der Waals surface area contributed by atoms with Crippen LogP contribution in [0.3, 0.4) is 0 Å². The maximum absolute atomic E-state index is 13.2. The first-order chi connectivity index (χ1) is 16.0. The lowest BCUT2D eigenvalue weighted by Gasteiger charge is -2.34. The van der Waals surface area contributed by atoms with Crippen LogP contribution >= 0.6 is 0 Å². The van der Waals surface area contributed by atoms with Crippen molar-refractivity contribution in [2.75, 3.05) is 11.9 Å². The maximum atomic E-state index is 13.2. The average molecular weight is 490 g/mol. The molecule has 4 rings (SSSR count). The zero-order valence-electron chi connectivity index (χ0n) is 20.5. The number of ether oxygens (including phenoxy) is 1. The van der Waals surface area contributed by atoms with Gasteiger partial charge in [0.05, 0.1) is 5.54 Å². The Balaban J connectivity index is 1.55. The highest BCUT2D eigenvalue weighted by Crippen LogP contribution is 2.39. The number of nitrogens with zero attached hydrogens (tertiary/aromatic N) is 2. The summed E-state index contributed by atoms with van der Waals surface area (Å²) >= 11 is -2.56. The summed E-state index contributed by atoms with van der Waals surface area (Å²) in [6.07, 6.45) is 9.87. The van der Waals surface area contributed by atoms with Crippen LogP contribution in [0.1, 0.15) is 75.6 Å². The van der Waals surface area contributed by atoms with E-state index in [4.69, 9.17) is 4.74 Å². The molecule has 1 fully saturated rings. The molecule has 2 aliphatic carbocycles. The number of benzene rings is 1. The van der Waals surface area contributed by atoms with Crippen LogP contribution in [0, 0.1) is 0 Å². The van der Waals surface area contributed by atoms with Gasteiger partial charge in [0.1, 0.15) is 5.60 Å². The van der Waals surface area contributed by atoms with E-state index < -0.39 is 34.5 Å². The van der Waals surface area contributed by atoms with Crippen molar-refractivity contribution in [2.24, 2.45) is 0 Å². The van der Waals surface area contributed by atoms with Crippen molar-refractivity contribution in [1.82, 2.24) is 9.21 Å². The Bertz CT molecular complexity index is 1020. The van der Waals surface area contributed by atoms with Gasteiger partial charge in [-0.1, -0.05) is 6.07 Å². The lowest BCUT2D eigenvalue weighted by Crippen LogP contribution is -2.46. The summed E-state index contributed by atoms with van der Waals surface area (Å²) in [7, 11) is 0. The molecular formula is C25H35N3O5S. The number of anilines is 1. The van der Waals surface area contributed by atoms with E-state index >= 15 is 0 Å². The Kier molecular flexibility index (Phi) is 6.79. The summed E-state index contributed by atoms with van der Waals surface area (Å²) in [6.45, 7) is 7.82. The summed E-state index contributed by atoms with van der Waals surface area (Å²) in [5.74, 6) is 0. The van der Waals surface area contributed by atoms with Crippen LogP contribution in [-0.2, 0) is 41.7 Å². The minimum absolute atomic E-state index is 0.436.